The summed E-state index contributed by atoms with van der Waals surface area (Å²) in [5, 5.41) is 0. The van der Waals surface area contributed by atoms with Crippen molar-refractivity contribution >= 4 is 18.4 Å². The van der Waals surface area contributed by atoms with Gasteiger partial charge >= 0.3 is 5.97 Å². The molecule has 90 valence electrons. The largest absolute Gasteiger partial charge is 0.466 e. The lowest BCUT2D eigenvalue weighted by molar-refractivity contribution is -0.143. The summed E-state index contributed by atoms with van der Waals surface area (Å²) in [6.45, 7) is 2.21. The number of carbonyl (C=O) groups is 1. The lowest BCUT2D eigenvalue weighted by Gasteiger charge is -2.10. The zero-order valence-electron chi connectivity index (χ0n) is 9.39. The van der Waals surface area contributed by atoms with E-state index in [9.17, 15) is 4.79 Å². The summed E-state index contributed by atoms with van der Waals surface area (Å²) >= 11 is 0. The van der Waals surface area contributed by atoms with Gasteiger partial charge in [0.25, 0.3) is 0 Å². The van der Waals surface area contributed by atoms with Gasteiger partial charge in [-0.05, 0) is 18.9 Å². The third-order valence-corrected chi connectivity index (χ3v) is 2.07. The van der Waals surface area contributed by atoms with Crippen molar-refractivity contribution in [2.45, 2.75) is 25.8 Å². The summed E-state index contributed by atoms with van der Waals surface area (Å²) in [6.07, 6.45) is 0.988. The van der Waals surface area contributed by atoms with E-state index in [-0.39, 0.29) is 30.8 Å². The van der Waals surface area contributed by atoms with Crippen LogP contribution in [0.15, 0.2) is 30.3 Å². The predicted octanol–water partition coefficient (Wildman–Crippen LogP) is 1.93. The summed E-state index contributed by atoms with van der Waals surface area (Å²) in [5.74, 6) is -0.221. The van der Waals surface area contributed by atoms with Crippen molar-refractivity contribution in [2.75, 3.05) is 6.61 Å². The van der Waals surface area contributed by atoms with E-state index in [1.165, 1.54) is 0 Å². The van der Waals surface area contributed by atoms with Gasteiger partial charge in [0.2, 0.25) is 0 Å². The van der Waals surface area contributed by atoms with Crippen LogP contribution in [0.25, 0.3) is 0 Å². The van der Waals surface area contributed by atoms with Gasteiger partial charge in [-0.2, -0.15) is 0 Å². The van der Waals surface area contributed by atoms with Gasteiger partial charge < -0.3 is 10.5 Å². The van der Waals surface area contributed by atoms with Crippen molar-refractivity contribution < 1.29 is 9.53 Å². The zero-order valence-corrected chi connectivity index (χ0v) is 10.2. The second kappa shape index (κ2) is 8.13. The molecule has 1 aromatic rings. The van der Waals surface area contributed by atoms with Crippen LogP contribution in [-0.4, -0.2) is 18.6 Å². The van der Waals surface area contributed by atoms with E-state index in [1.54, 1.807) is 6.92 Å². The van der Waals surface area contributed by atoms with Crippen molar-refractivity contribution in [3.63, 3.8) is 0 Å². The summed E-state index contributed by atoms with van der Waals surface area (Å²) in [6, 6.07) is 9.74. The van der Waals surface area contributed by atoms with Crippen LogP contribution >= 0.6 is 12.4 Å². The second-order valence-electron chi connectivity index (χ2n) is 3.46. The molecule has 1 aromatic carbocycles. The molecule has 16 heavy (non-hydrogen) atoms. The smallest absolute Gasteiger partial charge is 0.307 e. The minimum absolute atomic E-state index is 0. The maximum Gasteiger partial charge on any atom is 0.307 e. The fourth-order valence-electron chi connectivity index (χ4n) is 1.42. The fraction of sp³-hybridized carbons (Fsp3) is 0.417. The Morgan fingerprint density at radius 3 is 2.56 bits per heavy atom. The third kappa shape index (κ3) is 5.73. The van der Waals surface area contributed by atoms with E-state index in [0.717, 1.165) is 5.56 Å². The summed E-state index contributed by atoms with van der Waals surface area (Å²) < 4.78 is 4.83. The third-order valence-electron chi connectivity index (χ3n) is 2.07. The first-order valence-corrected chi connectivity index (χ1v) is 5.17. The van der Waals surface area contributed by atoms with Crippen LogP contribution in [0.2, 0.25) is 0 Å². The highest BCUT2D eigenvalue weighted by Gasteiger charge is 2.10. The summed E-state index contributed by atoms with van der Waals surface area (Å²) in [4.78, 5) is 11.1. The molecule has 0 saturated heterocycles. The Bertz CT molecular complexity index is 303. The molecule has 3 nitrogen and oxygen atoms in total. The number of ether oxygens (including phenoxy) is 1. The van der Waals surface area contributed by atoms with Crippen LogP contribution < -0.4 is 5.73 Å². The average Bonchev–Trinajstić information content (AvgIpc) is 2.19. The first kappa shape index (κ1) is 14.9. The topological polar surface area (TPSA) is 52.3 Å². The first-order chi connectivity index (χ1) is 7.22. The highest BCUT2D eigenvalue weighted by Crippen LogP contribution is 2.04. The van der Waals surface area contributed by atoms with E-state index in [1.807, 2.05) is 30.3 Å². The number of carbonyl (C=O) groups excluding carboxylic acids is 1. The molecule has 1 rings (SSSR count). The van der Waals surface area contributed by atoms with Crippen molar-refractivity contribution in [3.05, 3.63) is 35.9 Å². The Morgan fingerprint density at radius 1 is 1.38 bits per heavy atom. The van der Waals surface area contributed by atoms with E-state index >= 15 is 0 Å². The van der Waals surface area contributed by atoms with Crippen LogP contribution in [-0.2, 0) is 16.0 Å². The van der Waals surface area contributed by atoms with Gasteiger partial charge in [0.05, 0.1) is 13.0 Å². The molecule has 0 saturated carbocycles. The van der Waals surface area contributed by atoms with Gasteiger partial charge in [0.15, 0.2) is 0 Å². The molecule has 0 heterocycles. The maximum atomic E-state index is 11.1. The lowest BCUT2D eigenvalue weighted by atomic mass is 10.0. The molecule has 0 aliphatic rings. The SMILES string of the molecule is CCOC(=O)CC(N)Cc1ccccc1.Cl. The van der Waals surface area contributed by atoms with E-state index in [2.05, 4.69) is 0 Å². The Balaban J connectivity index is 0.00000225. The minimum atomic E-state index is -0.221. The van der Waals surface area contributed by atoms with E-state index < -0.39 is 0 Å². The first-order valence-electron chi connectivity index (χ1n) is 5.17. The van der Waals surface area contributed by atoms with Gasteiger partial charge in [-0.15, -0.1) is 12.4 Å². The molecule has 0 amide bonds. The van der Waals surface area contributed by atoms with Crippen LogP contribution in [0.5, 0.6) is 0 Å². The molecule has 0 aromatic heterocycles. The van der Waals surface area contributed by atoms with E-state index in [0.29, 0.717) is 13.0 Å². The average molecular weight is 244 g/mol. The van der Waals surface area contributed by atoms with Crippen molar-refractivity contribution in [3.8, 4) is 0 Å². The number of benzene rings is 1. The number of hydrogen-bond donors (Lipinski definition) is 1. The van der Waals surface area contributed by atoms with Crippen LogP contribution in [0.1, 0.15) is 18.9 Å². The molecule has 0 bridgehead atoms. The van der Waals surface area contributed by atoms with Gasteiger partial charge in [0, 0.05) is 6.04 Å². The fourth-order valence-corrected chi connectivity index (χ4v) is 1.42. The van der Waals surface area contributed by atoms with Crippen LogP contribution in [0, 0.1) is 0 Å². The standard InChI is InChI=1S/C12H17NO2.ClH/c1-2-15-12(14)9-11(13)8-10-6-4-3-5-7-10;/h3-7,11H,2,8-9,13H2,1H3;1H. The number of hydrogen-bond acceptors (Lipinski definition) is 3. The van der Waals surface area contributed by atoms with Gasteiger partial charge in [0.1, 0.15) is 0 Å². The van der Waals surface area contributed by atoms with Gasteiger partial charge in [-0.3, -0.25) is 4.79 Å². The molecule has 1 unspecified atom stereocenters. The van der Waals surface area contributed by atoms with E-state index in [4.69, 9.17) is 10.5 Å². The normalized spacial score (nSPS) is 11.4. The van der Waals surface area contributed by atoms with Crippen LogP contribution in [0.4, 0.5) is 0 Å². The molecule has 0 aliphatic heterocycles. The molecule has 0 fully saturated rings. The maximum absolute atomic E-state index is 11.1. The Hall–Kier alpha value is -1.06. The molecule has 0 aliphatic carbocycles. The van der Waals surface area contributed by atoms with Crippen LogP contribution in [0.3, 0.4) is 0 Å². The highest BCUT2D eigenvalue weighted by atomic mass is 35.5. The molecular weight excluding hydrogens is 226 g/mol. The van der Waals surface area contributed by atoms with Crippen molar-refractivity contribution in [1.82, 2.24) is 0 Å². The second-order valence-corrected chi connectivity index (χ2v) is 3.46. The molecule has 4 heteroatoms. The minimum Gasteiger partial charge on any atom is -0.466 e. The molecule has 1 atom stereocenters. The lowest BCUT2D eigenvalue weighted by Crippen LogP contribution is -2.27. The number of halogens is 1. The summed E-state index contributed by atoms with van der Waals surface area (Å²) in [5.41, 5.74) is 6.98. The number of nitrogens with two attached hydrogens (primary N) is 1. The Morgan fingerprint density at radius 2 is 2.00 bits per heavy atom. The van der Waals surface area contributed by atoms with Crippen molar-refractivity contribution in [1.29, 1.82) is 0 Å². The number of esters is 1. The number of rotatable bonds is 5. The zero-order chi connectivity index (χ0) is 11.1. The molecular formula is C12H18ClNO2. The Kier molecular flexibility index (Phi) is 7.60. The van der Waals surface area contributed by atoms with Crippen molar-refractivity contribution in [2.24, 2.45) is 5.73 Å². The van der Waals surface area contributed by atoms with Gasteiger partial charge in [-0.25, -0.2) is 0 Å². The summed E-state index contributed by atoms with van der Waals surface area (Å²) in [7, 11) is 0. The molecule has 0 radical (unpaired) electrons. The van der Waals surface area contributed by atoms with Gasteiger partial charge in [-0.1, -0.05) is 30.3 Å². The Labute approximate surface area is 102 Å². The quantitative estimate of drug-likeness (QED) is 0.804. The molecule has 2 N–H and O–H groups in total. The predicted molar refractivity (Wildman–Crippen MR) is 66.6 cm³/mol. The highest BCUT2D eigenvalue weighted by molar-refractivity contribution is 5.85. The molecule has 0 spiro atoms. The monoisotopic (exact) mass is 243 g/mol.